The molecule has 0 aromatic rings. The van der Waals surface area contributed by atoms with Crippen LogP contribution in [0.5, 0.6) is 0 Å². The van der Waals surface area contributed by atoms with Gasteiger partial charge in [-0.05, 0) is 58.0 Å². The van der Waals surface area contributed by atoms with E-state index in [0.717, 1.165) is 12.0 Å². The van der Waals surface area contributed by atoms with Gasteiger partial charge in [-0.25, -0.2) is 0 Å². The van der Waals surface area contributed by atoms with Gasteiger partial charge >= 0.3 is 0 Å². The molecule has 1 aliphatic carbocycles. The van der Waals surface area contributed by atoms with E-state index in [2.05, 4.69) is 24.1 Å². The number of hydrogen-bond donors (Lipinski definition) is 1. The zero-order valence-corrected chi connectivity index (χ0v) is 13.2. The molecule has 19 heavy (non-hydrogen) atoms. The molecular weight excluding hydrogens is 232 g/mol. The number of rotatable bonds is 5. The number of hydrogen-bond acceptors (Lipinski definition) is 2. The molecule has 0 radical (unpaired) electrons. The molecule has 1 saturated heterocycles. The molecule has 0 aromatic heterocycles. The fourth-order valence-electron chi connectivity index (χ4n) is 3.97. The van der Waals surface area contributed by atoms with Crippen molar-refractivity contribution in [3.8, 4) is 0 Å². The lowest BCUT2D eigenvalue weighted by molar-refractivity contribution is 0.145. The SMILES string of the molecule is CCCN1CCCC(C(C)NC2CCCCCC2)C1. The highest BCUT2D eigenvalue weighted by Gasteiger charge is 2.25. The predicted molar refractivity (Wildman–Crippen MR) is 83.5 cm³/mol. The van der Waals surface area contributed by atoms with Crippen molar-refractivity contribution in [2.45, 2.75) is 83.7 Å². The van der Waals surface area contributed by atoms with E-state index in [-0.39, 0.29) is 0 Å². The Labute approximate surface area is 120 Å². The Kier molecular flexibility index (Phi) is 6.66. The fraction of sp³-hybridized carbons (Fsp3) is 1.00. The third kappa shape index (κ3) is 5.07. The molecule has 2 aliphatic rings. The number of nitrogens with zero attached hydrogens (tertiary/aromatic N) is 1. The third-order valence-electron chi connectivity index (χ3n) is 5.14. The summed E-state index contributed by atoms with van der Waals surface area (Å²) in [6.07, 6.45) is 12.8. The van der Waals surface area contributed by atoms with Gasteiger partial charge in [-0.3, -0.25) is 0 Å². The van der Waals surface area contributed by atoms with Gasteiger partial charge < -0.3 is 10.2 Å². The minimum absolute atomic E-state index is 0.711. The van der Waals surface area contributed by atoms with Crippen molar-refractivity contribution < 1.29 is 0 Å². The van der Waals surface area contributed by atoms with E-state index in [1.165, 1.54) is 77.4 Å². The highest BCUT2D eigenvalue weighted by molar-refractivity contribution is 4.83. The molecule has 2 fully saturated rings. The highest BCUT2D eigenvalue weighted by atomic mass is 15.1. The van der Waals surface area contributed by atoms with Gasteiger partial charge in [0.2, 0.25) is 0 Å². The number of piperidine rings is 1. The van der Waals surface area contributed by atoms with Crippen LogP contribution in [-0.2, 0) is 0 Å². The lowest BCUT2D eigenvalue weighted by Gasteiger charge is -2.37. The molecule has 2 nitrogen and oxygen atoms in total. The van der Waals surface area contributed by atoms with Crippen LogP contribution in [0.1, 0.15) is 71.6 Å². The van der Waals surface area contributed by atoms with Crippen molar-refractivity contribution >= 4 is 0 Å². The minimum atomic E-state index is 0.711. The second kappa shape index (κ2) is 8.26. The van der Waals surface area contributed by atoms with Gasteiger partial charge in [0.15, 0.2) is 0 Å². The number of likely N-dealkylation sites (tertiary alicyclic amines) is 1. The molecule has 1 N–H and O–H groups in total. The van der Waals surface area contributed by atoms with Crippen LogP contribution in [0.3, 0.4) is 0 Å². The summed E-state index contributed by atoms with van der Waals surface area (Å²) < 4.78 is 0. The van der Waals surface area contributed by atoms with Crippen LogP contribution in [0, 0.1) is 5.92 Å². The highest BCUT2D eigenvalue weighted by Crippen LogP contribution is 2.23. The first-order valence-electron chi connectivity index (χ1n) is 8.78. The summed E-state index contributed by atoms with van der Waals surface area (Å²) in [5.41, 5.74) is 0. The molecule has 112 valence electrons. The first-order chi connectivity index (χ1) is 9.29. The Balaban J connectivity index is 1.76. The van der Waals surface area contributed by atoms with E-state index in [4.69, 9.17) is 0 Å². The van der Waals surface area contributed by atoms with E-state index in [0.29, 0.717) is 6.04 Å². The summed E-state index contributed by atoms with van der Waals surface area (Å²) in [5.74, 6) is 0.878. The molecule has 2 unspecified atom stereocenters. The molecule has 0 spiro atoms. The van der Waals surface area contributed by atoms with Crippen molar-refractivity contribution in [2.75, 3.05) is 19.6 Å². The van der Waals surface area contributed by atoms with E-state index in [9.17, 15) is 0 Å². The van der Waals surface area contributed by atoms with Crippen LogP contribution in [0.25, 0.3) is 0 Å². The lowest BCUT2D eigenvalue weighted by atomic mass is 9.90. The van der Waals surface area contributed by atoms with Gasteiger partial charge in [0.1, 0.15) is 0 Å². The van der Waals surface area contributed by atoms with Gasteiger partial charge in [-0.15, -0.1) is 0 Å². The van der Waals surface area contributed by atoms with E-state index < -0.39 is 0 Å². The normalized spacial score (nSPS) is 29.1. The first kappa shape index (κ1) is 15.3. The van der Waals surface area contributed by atoms with Crippen LogP contribution >= 0.6 is 0 Å². The molecule has 2 rings (SSSR count). The standard InChI is InChI=1S/C17H34N2/c1-3-12-19-13-8-9-16(14-19)15(2)18-17-10-6-4-5-7-11-17/h15-18H,3-14H2,1-2H3. The van der Waals surface area contributed by atoms with Crippen LogP contribution < -0.4 is 5.32 Å². The minimum Gasteiger partial charge on any atom is -0.311 e. The van der Waals surface area contributed by atoms with Crippen molar-refractivity contribution in [1.29, 1.82) is 0 Å². The Hall–Kier alpha value is -0.0800. The van der Waals surface area contributed by atoms with E-state index in [1.54, 1.807) is 0 Å². The average Bonchev–Trinajstić information content (AvgIpc) is 2.68. The molecule has 1 aliphatic heterocycles. The second-order valence-electron chi connectivity index (χ2n) is 6.85. The average molecular weight is 266 g/mol. The Morgan fingerprint density at radius 2 is 1.79 bits per heavy atom. The van der Waals surface area contributed by atoms with Gasteiger partial charge in [0.25, 0.3) is 0 Å². The van der Waals surface area contributed by atoms with Crippen molar-refractivity contribution in [2.24, 2.45) is 5.92 Å². The van der Waals surface area contributed by atoms with Gasteiger partial charge in [-0.2, -0.15) is 0 Å². The van der Waals surface area contributed by atoms with Gasteiger partial charge in [0.05, 0.1) is 0 Å². The van der Waals surface area contributed by atoms with Crippen molar-refractivity contribution in [3.05, 3.63) is 0 Å². The van der Waals surface area contributed by atoms with Crippen LogP contribution in [0.2, 0.25) is 0 Å². The van der Waals surface area contributed by atoms with Crippen LogP contribution in [0.15, 0.2) is 0 Å². The van der Waals surface area contributed by atoms with Gasteiger partial charge in [0, 0.05) is 18.6 Å². The molecule has 2 heteroatoms. The second-order valence-corrected chi connectivity index (χ2v) is 6.85. The molecule has 0 amide bonds. The Bertz CT molecular complexity index is 231. The summed E-state index contributed by atoms with van der Waals surface area (Å²) in [4.78, 5) is 2.68. The first-order valence-corrected chi connectivity index (χ1v) is 8.78. The molecular formula is C17H34N2. The maximum Gasteiger partial charge on any atom is 0.00818 e. The zero-order chi connectivity index (χ0) is 13.5. The van der Waals surface area contributed by atoms with Gasteiger partial charge in [-0.1, -0.05) is 32.6 Å². The summed E-state index contributed by atoms with van der Waals surface area (Å²) >= 11 is 0. The third-order valence-corrected chi connectivity index (χ3v) is 5.14. The molecule has 0 bridgehead atoms. The zero-order valence-electron chi connectivity index (χ0n) is 13.2. The van der Waals surface area contributed by atoms with E-state index >= 15 is 0 Å². The topological polar surface area (TPSA) is 15.3 Å². The molecule has 1 heterocycles. The van der Waals surface area contributed by atoms with Crippen LogP contribution in [0.4, 0.5) is 0 Å². The molecule has 2 atom stereocenters. The Morgan fingerprint density at radius 3 is 2.47 bits per heavy atom. The van der Waals surface area contributed by atoms with Crippen molar-refractivity contribution in [3.63, 3.8) is 0 Å². The molecule has 0 aromatic carbocycles. The monoisotopic (exact) mass is 266 g/mol. The Morgan fingerprint density at radius 1 is 1.05 bits per heavy atom. The lowest BCUT2D eigenvalue weighted by Crippen LogP contribution is -2.47. The smallest absolute Gasteiger partial charge is 0.00818 e. The summed E-state index contributed by atoms with van der Waals surface area (Å²) in [5, 5.41) is 3.96. The van der Waals surface area contributed by atoms with E-state index in [1.807, 2.05) is 0 Å². The predicted octanol–water partition coefficient (Wildman–Crippen LogP) is 3.81. The maximum absolute atomic E-state index is 3.96. The van der Waals surface area contributed by atoms with Crippen LogP contribution in [-0.4, -0.2) is 36.6 Å². The summed E-state index contributed by atoms with van der Waals surface area (Å²) in [7, 11) is 0. The number of nitrogens with one attached hydrogen (secondary N) is 1. The van der Waals surface area contributed by atoms with Crippen molar-refractivity contribution in [1.82, 2.24) is 10.2 Å². The summed E-state index contributed by atoms with van der Waals surface area (Å²) in [6.45, 7) is 8.70. The maximum atomic E-state index is 3.96. The fourth-order valence-corrected chi connectivity index (χ4v) is 3.97. The quantitative estimate of drug-likeness (QED) is 0.761. The summed E-state index contributed by atoms with van der Waals surface area (Å²) in [6, 6.07) is 1.52. The largest absolute Gasteiger partial charge is 0.311 e. The molecule has 1 saturated carbocycles.